The third kappa shape index (κ3) is 5.99. The van der Waals surface area contributed by atoms with Gasteiger partial charge in [-0.15, -0.1) is 0 Å². The fourth-order valence-electron chi connectivity index (χ4n) is 1.17. The Balaban J connectivity index is 3.79. The molecular formula is C7H18S3Sn. The van der Waals surface area contributed by atoms with Gasteiger partial charge in [-0.05, 0) is 0 Å². The van der Waals surface area contributed by atoms with E-state index in [1.165, 1.54) is 11.3 Å². The molecule has 0 amide bonds. The monoisotopic (exact) mass is 318 g/mol. The van der Waals surface area contributed by atoms with Crippen LogP contribution in [0.25, 0.3) is 0 Å². The number of thioether (sulfide) groups is 3. The summed E-state index contributed by atoms with van der Waals surface area (Å²) in [5.41, 5.74) is 0. The first-order chi connectivity index (χ1) is 5.18. The van der Waals surface area contributed by atoms with Gasteiger partial charge in [0.1, 0.15) is 0 Å². The molecule has 11 heavy (non-hydrogen) atoms. The molecule has 0 bridgehead atoms. The van der Waals surface area contributed by atoms with Crippen molar-refractivity contribution in [2.24, 2.45) is 0 Å². The molecule has 0 unspecified atom stereocenters. The average Bonchev–Trinajstić information content (AvgIpc) is 1.88. The Labute approximate surface area is 87.9 Å². The minimum absolute atomic E-state index is 1.50. The van der Waals surface area contributed by atoms with Gasteiger partial charge in [-0.2, -0.15) is 0 Å². The first kappa shape index (κ1) is 12.8. The Morgan fingerprint density at radius 2 is 1.09 bits per heavy atom. The predicted molar refractivity (Wildman–Crippen MR) is 66.8 cm³/mol. The molecule has 0 heterocycles. The van der Waals surface area contributed by atoms with Gasteiger partial charge in [0, 0.05) is 0 Å². The van der Waals surface area contributed by atoms with E-state index in [9.17, 15) is 0 Å². The number of hydrogen-bond donors (Lipinski definition) is 0. The van der Waals surface area contributed by atoms with Crippen LogP contribution in [0.5, 0.6) is 0 Å². The van der Waals surface area contributed by atoms with E-state index >= 15 is 0 Å². The van der Waals surface area contributed by atoms with Crippen molar-refractivity contribution in [2.75, 3.05) is 30.1 Å². The van der Waals surface area contributed by atoms with Crippen molar-refractivity contribution in [1.29, 1.82) is 0 Å². The molecule has 4 heteroatoms. The third-order valence-corrected chi connectivity index (χ3v) is 29.8. The van der Waals surface area contributed by atoms with Gasteiger partial charge < -0.3 is 0 Å². The molecule has 0 N–H and O–H groups in total. The van der Waals surface area contributed by atoms with E-state index in [0.29, 0.717) is 0 Å². The van der Waals surface area contributed by atoms with E-state index in [1.807, 2.05) is 0 Å². The zero-order valence-corrected chi connectivity index (χ0v) is 13.1. The van der Waals surface area contributed by atoms with Crippen molar-refractivity contribution in [3.8, 4) is 0 Å². The van der Waals surface area contributed by atoms with E-state index in [1.54, 1.807) is 0 Å². The quantitative estimate of drug-likeness (QED) is 0.692. The Kier molecular flexibility index (Phi) is 8.49. The van der Waals surface area contributed by atoms with E-state index in [4.69, 9.17) is 0 Å². The van der Waals surface area contributed by atoms with Gasteiger partial charge in [-0.25, -0.2) is 0 Å². The zero-order valence-electron chi connectivity index (χ0n) is 7.85. The van der Waals surface area contributed by atoms with Crippen molar-refractivity contribution in [2.45, 2.75) is 4.94 Å². The first-order valence-corrected chi connectivity index (χ1v) is 16.7. The van der Waals surface area contributed by atoms with Crippen molar-refractivity contribution in [3.05, 3.63) is 0 Å². The molecule has 0 aromatic carbocycles. The Morgan fingerprint density at radius 3 is 1.27 bits per heavy atom. The summed E-state index contributed by atoms with van der Waals surface area (Å²) in [5.74, 6) is 0. The topological polar surface area (TPSA) is 0 Å². The van der Waals surface area contributed by atoms with Crippen LogP contribution in [0.2, 0.25) is 4.94 Å². The minimum atomic E-state index is -1.58. The molecule has 0 fully saturated rings. The Hall–Kier alpha value is 1.85. The molecular weight excluding hydrogens is 299 g/mol. The second-order valence-electron chi connectivity index (χ2n) is 3.11. The predicted octanol–water partition coefficient (Wildman–Crippen LogP) is 2.77. The van der Waals surface area contributed by atoms with Crippen LogP contribution in [0.15, 0.2) is 0 Å². The summed E-state index contributed by atoms with van der Waals surface area (Å²) in [6, 6.07) is 0. The summed E-state index contributed by atoms with van der Waals surface area (Å²) < 4.78 is 4.49. The van der Waals surface area contributed by atoms with E-state index in [-0.39, 0.29) is 0 Å². The number of hydrogen-bond acceptors (Lipinski definition) is 3. The Bertz CT molecular complexity index is 80.7. The van der Waals surface area contributed by atoms with Gasteiger partial charge in [0.25, 0.3) is 0 Å². The van der Waals surface area contributed by atoms with E-state index in [0.717, 1.165) is 0 Å². The van der Waals surface area contributed by atoms with Crippen LogP contribution >= 0.6 is 35.3 Å². The average molecular weight is 317 g/mol. The van der Waals surface area contributed by atoms with Crippen LogP contribution in [0.3, 0.4) is 0 Å². The molecule has 0 aromatic heterocycles. The maximum atomic E-state index is 2.60. The summed E-state index contributed by atoms with van der Waals surface area (Å²) in [5, 5.41) is 0. The second kappa shape index (κ2) is 7.27. The molecule has 0 saturated carbocycles. The molecule has 0 spiro atoms. The van der Waals surface area contributed by atoms with Crippen LogP contribution in [0, 0.1) is 0 Å². The fourth-order valence-corrected chi connectivity index (χ4v) is 28.6. The van der Waals surface area contributed by atoms with Gasteiger partial charge in [0.05, 0.1) is 0 Å². The molecule has 0 atom stereocenters. The second-order valence-corrected chi connectivity index (χ2v) is 23.5. The molecule has 0 nitrogen and oxygen atoms in total. The van der Waals surface area contributed by atoms with Gasteiger partial charge in [0.2, 0.25) is 0 Å². The molecule has 68 valence electrons. The van der Waals surface area contributed by atoms with Crippen LogP contribution in [-0.2, 0) is 0 Å². The summed E-state index contributed by atoms with van der Waals surface area (Å²) >= 11 is 4.59. The summed E-state index contributed by atoms with van der Waals surface area (Å²) in [7, 11) is 0. The molecule has 0 aliphatic rings. The van der Waals surface area contributed by atoms with Crippen LogP contribution in [0.1, 0.15) is 0 Å². The van der Waals surface area contributed by atoms with Crippen molar-refractivity contribution < 1.29 is 0 Å². The van der Waals surface area contributed by atoms with Gasteiger partial charge in [-0.3, -0.25) is 0 Å². The van der Waals surface area contributed by atoms with Crippen LogP contribution in [-0.4, -0.2) is 48.5 Å². The van der Waals surface area contributed by atoms with Crippen LogP contribution in [0.4, 0.5) is 0 Å². The fraction of sp³-hybridized carbons (Fsp3) is 1.00. The van der Waals surface area contributed by atoms with Crippen molar-refractivity contribution >= 4 is 53.7 Å². The summed E-state index contributed by atoms with van der Waals surface area (Å²) in [6.45, 7) is 0. The van der Waals surface area contributed by atoms with E-state index in [2.05, 4.69) is 59.0 Å². The summed E-state index contributed by atoms with van der Waals surface area (Å²) in [6.07, 6.45) is 6.74. The van der Waals surface area contributed by atoms with E-state index < -0.39 is 18.4 Å². The molecule has 0 rings (SSSR count). The first-order valence-electron chi connectivity index (χ1n) is 3.65. The summed E-state index contributed by atoms with van der Waals surface area (Å²) in [4.78, 5) is 2.60. The third-order valence-electron chi connectivity index (χ3n) is 1.48. The van der Waals surface area contributed by atoms with Gasteiger partial charge >= 0.3 is 88.7 Å². The molecule has 0 saturated heterocycles. The maximum absolute atomic E-state index is 2.60. The molecule has 0 aliphatic carbocycles. The molecule has 0 radical (unpaired) electrons. The van der Waals surface area contributed by atoms with Crippen molar-refractivity contribution in [1.82, 2.24) is 0 Å². The van der Waals surface area contributed by atoms with Crippen LogP contribution < -0.4 is 0 Å². The SMILES string of the molecule is CS[CH2][Sn]([CH3])([CH2]SC)[CH2]SC. The normalized spacial score (nSPS) is 12.0. The van der Waals surface area contributed by atoms with Crippen molar-refractivity contribution in [3.63, 3.8) is 0 Å². The van der Waals surface area contributed by atoms with Gasteiger partial charge in [-0.1, -0.05) is 0 Å². The molecule has 0 aliphatic heterocycles. The number of rotatable bonds is 6. The van der Waals surface area contributed by atoms with Gasteiger partial charge in [0.15, 0.2) is 0 Å². The Morgan fingerprint density at radius 1 is 0.818 bits per heavy atom. The molecule has 0 aromatic rings. The standard InChI is InChI=1S/3C2H5S.CH3.Sn/c3*1-3-2;;/h3*1H2,2H3;1H3;. The zero-order chi connectivity index (χ0) is 8.74.